The van der Waals surface area contributed by atoms with Gasteiger partial charge in [0.15, 0.2) is 0 Å². The number of allylic oxidation sites excluding steroid dienone is 2. The van der Waals surface area contributed by atoms with Crippen molar-refractivity contribution in [2.75, 3.05) is 26.7 Å². The number of amides is 1. The van der Waals surface area contributed by atoms with Gasteiger partial charge in [-0.25, -0.2) is 0 Å². The lowest BCUT2D eigenvalue weighted by molar-refractivity contribution is 0.0790. The van der Waals surface area contributed by atoms with Crippen LogP contribution in [0.15, 0.2) is 42.5 Å². The van der Waals surface area contributed by atoms with E-state index in [1.807, 2.05) is 24.0 Å². The SMILES string of the molecule is C=C/C=C(\C)CN1Cc2cc(C3=CCNCC3)cc(OC)c2C1=O. The van der Waals surface area contributed by atoms with Gasteiger partial charge >= 0.3 is 0 Å². The third-order valence-corrected chi connectivity index (χ3v) is 4.54. The van der Waals surface area contributed by atoms with Crippen LogP contribution in [0.5, 0.6) is 5.75 Å². The quantitative estimate of drug-likeness (QED) is 0.846. The van der Waals surface area contributed by atoms with E-state index in [0.29, 0.717) is 24.4 Å². The molecule has 2 aliphatic rings. The molecule has 3 rings (SSSR count). The highest BCUT2D eigenvalue weighted by molar-refractivity contribution is 6.01. The summed E-state index contributed by atoms with van der Waals surface area (Å²) in [7, 11) is 1.63. The average Bonchev–Trinajstić information content (AvgIpc) is 2.91. The second-order valence-electron chi connectivity index (χ2n) is 6.31. The number of fused-ring (bicyclic) bond motifs is 1. The van der Waals surface area contributed by atoms with Crippen molar-refractivity contribution < 1.29 is 9.53 Å². The molecule has 0 atom stereocenters. The fourth-order valence-electron chi connectivity index (χ4n) is 3.39. The van der Waals surface area contributed by atoms with Gasteiger partial charge < -0.3 is 15.0 Å². The van der Waals surface area contributed by atoms with Crippen LogP contribution in [0.25, 0.3) is 5.57 Å². The fraction of sp³-hybridized carbons (Fsp3) is 0.350. The molecule has 2 aliphatic heterocycles. The van der Waals surface area contributed by atoms with Crippen LogP contribution < -0.4 is 10.1 Å². The minimum Gasteiger partial charge on any atom is -0.496 e. The lowest BCUT2D eigenvalue weighted by Crippen LogP contribution is -2.25. The number of hydrogen-bond acceptors (Lipinski definition) is 3. The summed E-state index contributed by atoms with van der Waals surface area (Å²) in [5, 5.41) is 3.33. The predicted molar refractivity (Wildman–Crippen MR) is 97.2 cm³/mol. The second kappa shape index (κ2) is 7.05. The van der Waals surface area contributed by atoms with Gasteiger partial charge in [-0.1, -0.05) is 30.4 Å². The Hall–Kier alpha value is -2.33. The Balaban J connectivity index is 1.93. The number of rotatable bonds is 5. The number of hydrogen-bond donors (Lipinski definition) is 1. The van der Waals surface area contributed by atoms with Crippen molar-refractivity contribution in [3.8, 4) is 5.75 Å². The van der Waals surface area contributed by atoms with Crippen LogP contribution in [0.2, 0.25) is 0 Å². The van der Waals surface area contributed by atoms with Gasteiger partial charge in [-0.2, -0.15) is 0 Å². The molecule has 0 aliphatic carbocycles. The van der Waals surface area contributed by atoms with Gasteiger partial charge in [0.2, 0.25) is 0 Å². The van der Waals surface area contributed by atoms with Crippen molar-refractivity contribution in [1.82, 2.24) is 10.2 Å². The molecular formula is C20H24N2O2. The molecule has 0 spiro atoms. The van der Waals surface area contributed by atoms with Crippen LogP contribution in [-0.2, 0) is 6.54 Å². The highest BCUT2D eigenvalue weighted by atomic mass is 16.5. The lowest BCUT2D eigenvalue weighted by Gasteiger charge is -2.16. The molecule has 4 nitrogen and oxygen atoms in total. The van der Waals surface area contributed by atoms with Gasteiger partial charge in [-0.05, 0) is 48.7 Å². The molecule has 0 saturated carbocycles. The third-order valence-electron chi connectivity index (χ3n) is 4.54. The summed E-state index contributed by atoms with van der Waals surface area (Å²) in [6, 6.07) is 4.16. The highest BCUT2D eigenvalue weighted by Gasteiger charge is 2.31. The second-order valence-corrected chi connectivity index (χ2v) is 6.31. The normalized spacial score (nSPS) is 17.6. The first-order valence-electron chi connectivity index (χ1n) is 8.32. The Bertz CT molecular complexity index is 731. The van der Waals surface area contributed by atoms with Gasteiger partial charge in [-0.15, -0.1) is 0 Å². The molecule has 4 heteroatoms. The molecule has 0 aromatic heterocycles. The van der Waals surface area contributed by atoms with Crippen LogP contribution in [0.1, 0.15) is 34.8 Å². The Kier molecular flexibility index (Phi) is 4.86. The maximum atomic E-state index is 12.8. The number of methoxy groups -OCH3 is 1. The van der Waals surface area contributed by atoms with Crippen molar-refractivity contribution >= 4 is 11.5 Å². The van der Waals surface area contributed by atoms with E-state index in [9.17, 15) is 4.79 Å². The monoisotopic (exact) mass is 324 g/mol. The van der Waals surface area contributed by atoms with Crippen LogP contribution in [0.4, 0.5) is 0 Å². The third kappa shape index (κ3) is 3.15. The summed E-state index contributed by atoms with van der Waals surface area (Å²) in [5.74, 6) is 0.726. The van der Waals surface area contributed by atoms with Crippen LogP contribution in [0, 0.1) is 0 Å². The van der Waals surface area contributed by atoms with E-state index in [-0.39, 0.29) is 5.91 Å². The Morgan fingerprint density at radius 1 is 1.46 bits per heavy atom. The standard InChI is InChI=1S/C20H24N2O2/c1-4-5-14(2)12-22-13-17-10-16(15-6-8-21-9-7-15)11-18(24-3)19(17)20(22)23/h4-6,10-11,21H,1,7-9,12-13H2,2-3H3/b14-5+. The number of benzene rings is 1. The number of nitrogens with zero attached hydrogens (tertiary/aromatic N) is 1. The summed E-state index contributed by atoms with van der Waals surface area (Å²) in [4.78, 5) is 14.6. The van der Waals surface area contributed by atoms with Crippen LogP contribution in [-0.4, -0.2) is 37.6 Å². The summed E-state index contributed by atoms with van der Waals surface area (Å²) in [6.07, 6.45) is 6.92. The number of carbonyl (C=O) groups is 1. The molecule has 0 fully saturated rings. The first kappa shape index (κ1) is 16.5. The molecule has 24 heavy (non-hydrogen) atoms. The maximum Gasteiger partial charge on any atom is 0.258 e. The van der Waals surface area contributed by atoms with Crippen LogP contribution in [0.3, 0.4) is 0 Å². The first-order chi connectivity index (χ1) is 11.6. The topological polar surface area (TPSA) is 41.6 Å². The number of carbonyl (C=O) groups excluding carboxylic acids is 1. The Morgan fingerprint density at radius 3 is 2.96 bits per heavy atom. The van der Waals surface area contributed by atoms with Gasteiger partial charge in [0.25, 0.3) is 5.91 Å². The van der Waals surface area contributed by atoms with Crippen LogP contribution >= 0.6 is 0 Å². The van der Waals surface area contributed by atoms with Gasteiger partial charge in [0, 0.05) is 19.6 Å². The smallest absolute Gasteiger partial charge is 0.258 e. The van der Waals surface area contributed by atoms with Gasteiger partial charge in [0.1, 0.15) is 5.75 Å². The van der Waals surface area contributed by atoms with Crippen molar-refractivity contribution in [1.29, 1.82) is 0 Å². The number of ether oxygens (including phenoxy) is 1. The maximum absolute atomic E-state index is 12.8. The van der Waals surface area contributed by atoms with Gasteiger partial charge in [0.05, 0.1) is 12.7 Å². The summed E-state index contributed by atoms with van der Waals surface area (Å²) >= 11 is 0. The summed E-state index contributed by atoms with van der Waals surface area (Å²) < 4.78 is 5.54. The number of nitrogens with one attached hydrogen (secondary N) is 1. The van der Waals surface area contributed by atoms with E-state index in [1.54, 1.807) is 13.2 Å². The predicted octanol–water partition coefficient (Wildman–Crippen LogP) is 3.16. The molecule has 1 aromatic carbocycles. The van der Waals surface area contributed by atoms with E-state index in [2.05, 4.69) is 24.0 Å². The lowest BCUT2D eigenvalue weighted by atomic mass is 9.96. The zero-order valence-electron chi connectivity index (χ0n) is 14.4. The van der Waals surface area contributed by atoms with Crippen molar-refractivity contribution in [3.05, 3.63) is 59.2 Å². The molecule has 2 heterocycles. The van der Waals surface area contributed by atoms with Crippen molar-refractivity contribution in [3.63, 3.8) is 0 Å². The minimum atomic E-state index is 0.0458. The molecule has 0 saturated heterocycles. The molecule has 1 amide bonds. The molecule has 1 aromatic rings. The highest BCUT2D eigenvalue weighted by Crippen LogP contribution is 2.35. The Labute approximate surface area is 143 Å². The molecule has 126 valence electrons. The fourth-order valence-corrected chi connectivity index (χ4v) is 3.39. The van der Waals surface area contributed by atoms with E-state index in [4.69, 9.17) is 4.74 Å². The average molecular weight is 324 g/mol. The minimum absolute atomic E-state index is 0.0458. The zero-order chi connectivity index (χ0) is 17.1. The molecule has 0 bridgehead atoms. The molecule has 0 radical (unpaired) electrons. The summed E-state index contributed by atoms with van der Waals surface area (Å²) in [6.45, 7) is 8.86. The van der Waals surface area contributed by atoms with E-state index < -0.39 is 0 Å². The van der Waals surface area contributed by atoms with Crippen molar-refractivity contribution in [2.24, 2.45) is 0 Å². The zero-order valence-corrected chi connectivity index (χ0v) is 14.4. The summed E-state index contributed by atoms with van der Waals surface area (Å²) in [5.41, 5.74) is 5.37. The van der Waals surface area contributed by atoms with Crippen molar-refractivity contribution in [2.45, 2.75) is 19.9 Å². The largest absolute Gasteiger partial charge is 0.496 e. The molecular weight excluding hydrogens is 300 g/mol. The van der Waals surface area contributed by atoms with Gasteiger partial charge in [-0.3, -0.25) is 4.79 Å². The van der Waals surface area contributed by atoms with E-state index >= 15 is 0 Å². The molecule has 0 unspecified atom stereocenters. The van der Waals surface area contributed by atoms with E-state index in [1.165, 1.54) is 11.1 Å². The van der Waals surface area contributed by atoms with E-state index in [0.717, 1.165) is 30.6 Å². The molecule has 1 N–H and O–H groups in total. The Morgan fingerprint density at radius 2 is 2.29 bits per heavy atom. The first-order valence-corrected chi connectivity index (χ1v) is 8.32.